The molecule has 3 rings (SSSR count). The predicted octanol–water partition coefficient (Wildman–Crippen LogP) is 3.47. The number of aromatic nitrogens is 1. The molecule has 3 aromatic rings. The molecule has 0 saturated carbocycles. The smallest absolute Gasteiger partial charge is 0.137 e. The summed E-state index contributed by atoms with van der Waals surface area (Å²) in [5, 5.41) is 12.5. The predicted molar refractivity (Wildman–Crippen MR) is 73.9 cm³/mol. The van der Waals surface area contributed by atoms with Gasteiger partial charge in [-0.3, -0.25) is 4.98 Å². The summed E-state index contributed by atoms with van der Waals surface area (Å²) in [5.74, 6) is 1.46. The molecule has 96 valence electrons. The van der Waals surface area contributed by atoms with Gasteiger partial charge in [-0.2, -0.15) is 0 Å². The minimum atomic E-state index is -0.756. The number of furan rings is 1. The van der Waals surface area contributed by atoms with Crippen LogP contribution in [0.5, 0.6) is 0 Å². The summed E-state index contributed by atoms with van der Waals surface area (Å²) < 4.78 is 5.63. The molecule has 0 spiro atoms. The first-order valence-corrected chi connectivity index (χ1v) is 6.39. The van der Waals surface area contributed by atoms with E-state index in [9.17, 15) is 5.11 Å². The van der Waals surface area contributed by atoms with Gasteiger partial charge in [-0.1, -0.05) is 25.1 Å². The molecule has 3 heteroatoms. The van der Waals surface area contributed by atoms with Gasteiger partial charge >= 0.3 is 0 Å². The van der Waals surface area contributed by atoms with Gasteiger partial charge in [0.25, 0.3) is 0 Å². The third-order valence-corrected chi connectivity index (χ3v) is 3.31. The normalized spacial score (nSPS) is 12.7. The molecule has 0 radical (unpaired) electrons. The number of fused-ring (bicyclic) bond motifs is 1. The zero-order valence-corrected chi connectivity index (χ0v) is 10.7. The van der Waals surface area contributed by atoms with E-state index in [-0.39, 0.29) is 0 Å². The van der Waals surface area contributed by atoms with E-state index in [1.54, 1.807) is 12.4 Å². The zero-order chi connectivity index (χ0) is 13.2. The lowest BCUT2D eigenvalue weighted by Crippen LogP contribution is -1.99. The van der Waals surface area contributed by atoms with Crippen LogP contribution in [-0.2, 0) is 6.42 Å². The fourth-order valence-corrected chi connectivity index (χ4v) is 2.26. The maximum absolute atomic E-state index is 10.5. The van der Waals surface area contributed by atoms with Gasteiger partial charge in [0, 0.05) is 24.2 Å². The number of aliphatic hydroxyl groups is 1. The van der Waals surface area contributed by atoms with Gasteiger partial charge in [0.2, 0.25) is 0 Å². The number of aliphatic hydroxyl groups excluding tert-OH is 1. The van der Waals surface area contributed by atoms with Crippen LogP contribution in [0.1, 0.15) is 30.1 Å². The summed E-state index contributed by atoms with van der Waals surface area (Å²) in [6.45, 7) is 2.02. The first-order valence-electron chi connectivity index (χ1n) is 6.39. The largest absolute Gasteiger partial charge is 0.463 e. The molecule has 0 fully saturated rings. The van der Waals surface area contributed by atoms with Crippen LogP contribution in [0.3, 0.4) is 0 Å². The number of pyridine rings is 1. The SMILES string of the molecule is CCc1ccc(C(O)c2cccc3ccncc23)o1. The summed E-state index contributed by atoms with van der Waals surface area (Å²) >= 11 is 0. The summed E-state index contributed by atoms with van der Waals surface area (Å²) in [5.41, 5.74) is 0.822. The van der Waals surface area contributed by atoms with E-state index in [1.165, 1.54) is 0 Å². The van der Waals surface area contributed by atoms with Crippen LogP contribution >= 0.6 is 0 Å². The van der Waals surface area contributed by atoms with E-state index in [1.807, 2.05) is 43.3 Å². The van der Waals surface area contributed by atoms with Gasteiger partial charge in [0.1, 0.15) is 17.6 Å². The fraction of sp³-hybridized carbons (Fsp3) is 0.188. The fourth-order valence-electron chi connectivity index (χ4n) is 2.26. The first-order chi connectivity index (χ1) is 9.29. The molecule has 1 atom stereocenters. The number of benzene rings is 1. The Bertz CT molecular complexity index is 697. The third-order valence-electron chi connectivity index (χ3n) is 3.31. The number of aryl methyl sites for hydroxylation is 1. The van der Waals surface area contributed by atoms with Gasteiger partial charge in [-0.05, 0) is 29.1 Å². The molecule has 19 heavy (non-hydrogen) atoms. The van der Waals surface area contributed by atoms with Crippen LogP contribution in [-0.4, -0.2) is 10.1 Å². The quantitative estimate of drug-likeness (QED) is 0.777. The Morgan fingerprint density at radius 1 is 1.21 bits per heavy atom. The van der Waals surface area contributed by atoms with Crippen molar-refractivity contribution in [3.05, 3.63) is 65.9 Å². The van der Waals surface area contributed by atoms with Crippen molar-refractivity contribution in [1.82, 2.24) is 4.98 Å². The second-order valence-electron chi connectivity index (χ2n) is 4.50. The Morgan fingerprint density at radius 2 is 2.11 bits per heavy atom. The summed E-state index contributed by atoms with van der Waals surface area (Å²) in [7, 11) is 0. The van der Waals surface area contributed by atoms with Crippen molar-refractivity contribution in [1.29, 1.82) is 0 Å². The Hall–Kier alpha value is -2.13. The molecular formula is C16H15NO2. The highest BCUT2D eigenvalue weighted by molar-refractivity contribution is 5.85. The van der Waals surface area contributed by atoms with E-state index in [4.69, 9.17) is 4.42 Å². The molecule has 0 amide bonds. The minimum absolute atomic E-state index is 0.577. The van der Waals surface area contributed by atoms with Crippen molar-refractivity contribution < 1.29 is 9.52 Å². The molecule has 0 aliphatic carbocycles. The Labute approximate surface area is 111 Å². The molecule has 0 aliphatic rings. The van der Waals surface area contributed by atoms with E-state index >= 15 is 0 Å². The lowest BCUT2D eigenvalue weighted by atomic mass is 10.0. The highest BCUT2D eigenvalue weighted by Gasteiger charge is 2.16. The van der Waals surface area contributed by atoms with Crippen LogP contribution < -0.4 is 0 Å². The van der Waals surface area contributed by atoms with Gasteiger partial charge in [0.15, 0.2) is 0 Å². The zero-order valence-electron chi connectivity index (χ0n) is 10.7. The van der Waals surface area contributed by atoms with Crippen molar-refractivity contribution in [3.63, 3.8) is 0 Å². The first kappa shape index (κ1) is 11.9. The highest BCUT2D eigenvalue weighted by Crippen LogP contribution is 2.29. The van der Waals surface area contributed by atoms with E-state index in [2.05, 4.69) is 4.98 Å². The van der Waals surface area contributed by atoms with Crippen LogP contribution in [0.15, 0.2) is 53.2 Å². The molecule has 0 bridgehead atoms. The second-order valence-corrected chi connectivity index (χ2v) is 4.50. The van der Waals surface area contributed by atoms with E-state index in [0.29, 0.717) is 5.76 Å². The maximum Gasteiger partial charge on any atom is 0.137 e. The third kappa shape index (κ3) is 2.13. The minimum Gasteiger partial charge on any atom is -0.463 e. The van der Waals surface area contributed by atoms with Crippen LogP contribution in [0.2, 0.25) is 0 Å². The lowest BCUT2D eigenvalue weighted by Gasteiger charge is -2.11. The summed E-state index contributed by atoms with van der Waals surface area (Å²) in [6.07, 6.45) is 3.59. The average molecular weight is 253 g/mol. The van der Waals surface area contributed by atoms with E-state index < -0.39 is 6.10 Å². The van der Waals surface area contributed by atoms with Crippen LogP contribution in [0, 0.1) is 0 Å². The lowest BCUT2D eigenvalue weighted by molar-refractivity contribution is 0.188. The van der Waals surface area contributed by atoms with E-state index in [0.717, 1.165) is 28.5 Å². The van der Waals surface area contributed by atoms with Gasteiger partial charge < -0.3 is 9.52 Å². The number of nitrogens with zero attached hydrogens (tertiary/aromatic N) is 1. The molecule has 1 aromatic carbocycles. The molecule has 0 aliphatic heterocycles. The average Bonchev–Trinajstić information content (AvgIpc) is 2.95. The summed E-state index contributed by atoms with van der Waals surface area (Å²) in [4.78, 5) is 4.13. The molecule has 0 saturated heterocycles. The van der Waals surface area contributed by atoms with Crippen LogP contribution in [0.4, 0.5) is 0 Å². The van der Waals surface area contributed by atoms with Crippen molar-refractivity contribution in [2.75, 3.05) is 0 Å². The highest BCUT2D eigenvalue weighted by atomic mass is 16.4. The molecule has 2 aromatic heterocycles. The summed E-state index contributed by atoms with van der Waals surface area (Å²) in [6, 6.07) is 11.5. The number of hydrogen-bond donors (Lipinski definition) is 1. The van der Waals surface area contributed by atoms with Crippen molar-refractivity contribution >= 4 is 10.8 Å². The Morgan fingerprint density at radius 3 is 2.89 bits per heavy atom. The standard InChI is InChI=1S/C16H15NO2/c1-2-12-6-7-15(19-12)16(18)13-5-3-4-11-8-9-17-10-14(11)13/h3-10,16,18H,2H2,1H3. The molecule has 3 nitrogen and oxygen atoms in total. The van der Waals surface area contributed by atoms with Gasteiger partial charge in [-0.15, -0.1) is 0 Å². The second kappa shape index (κ2) is 4.86. The Balaban J connectivity index is 2.08. The topological polar surface area (TPSA) is 46.3 Å². The van der Waals surface area contributed by atoms with Crippen molar-refractivity contribution in [3.8, 4) is 0 Å². The number of hydrogen-bond acceptors (Lipinski definition) is 3. The molecule has 2 heterocycles. The van der Waals surface area contributed by atoms with Crippen LogP contribution in [0.25, 0.3) is 10.8 Å². The van der Waals surface area contributed by atoms with Gasteiger partial charge in [-0.25, -0.2) is 0 Å². The maximum atomic E-state index is 10.5. The molecule has 1 N–H and O–H groups in total. The molecular weight excluding hydrogens is 238 g/mol. The monoisotopic (exact) mass is 253 g/mol. The number of rotatable bonds is 3. The van der Waals surface area contributed by atoms with Gasteiger partial charge in [0.05, 0.1) is 0 Å². The van der Waals surface area contributed by atoms with Crippen molar-refractivity contribution in [2.24, 2.45) is 0 Å². The Kier molecular flexibility index (Phi) is 3.05. The molecule has 1 unspecified atom stereocenters. The van der Waals surface area contributed by atoms with Crippen molar-refractivity contribution in [2.45, 2.75) is 19.4 Å².